The molecule has 0 spiro atoms. The molecule has 0 aromatic carbocycles. The lowest BCUT2D eigenvalue weighted by molar-refractivity contribution is -0.124. The molecule has 0 rings (SSSR count). The van der Waals surface area contributed by atoms with Gasteiger partial charge in [0, 0.05) is 0 Å². The molecule has 0 radical (unpaired) electrons. The van der Waals surface area contributed by atoms with E-state index in [-0.39, 0.29) is 18.9 Å². The van der Waals surface area contributed by atoms with E-state index < -0.39 is 18.2 Å². The van der Waals surface area contributed by atoms with E-state index in [9.17, 15) is 20.1 Å². The number of carbonyl (C=O) groups excluding carboxylic acids is 1. The average Bonchev–Trinajstić information content (AvgIpc) is 3.11. The summed E-state index contributed by atoms with van der Waals surface area (Å²) in [6, 6.07) is -0.757. The third-order valence-electron chi connectivity index (χ3n) is 10.2. The monoisotopic (exact) mass is 706 g/mol. The Morgan fingerprint density at radius 3 is 1.28 bits per heavy atom. The molecule has 0 heterocycles. The van der Waals surface area contributed by atoms with Gasteiger partial charge < -0.3 is 20.6 Å². The number of aliphatic hydroxyl groups is 3. The summed E-state index contributed by atoms with van der Waals surface area (Å²) in [6.07, 6.45) is 49.0. The van der Waals surface area contributed by atoms with Crippen LogP contribution in [0.4, 0.5) is 0 Å². The van der Waals surface area contributed by atoms with E-state index >= 15 is 0 Å². The van der Waals surface area contributed by atoms with Gasteiger partial charge >= 0.3 is 0 Å². The standard InChI is InChI=1S/C45H87NO4/c1-3-5-7-9-11-13-15-17-18-19-20-21-22-23-24-25-27-29-31-33-35-37-39-44(49)43(41-47)46-45(50)40-42(48)38-36-34-32-30-28-26-16-14-12-10-8-6-4-2/h29,31,37,39,42-44,47-49H,3-28,30,32-36,38,40-41H2,1-2H3,(H,46,50)/b31-29+,39-37+. The first-order chi connectivity index (χ1) is 24.5. The minimum atomic E-state index is -0.948. The summed E-state index contributed by atoms with van der Waals surface area (Å²) in [6.45, 7) is 4.21. The van der Waals surface area contributed by atoms with Crippen molar-refractivity contribution in [3.8, 4) is 0 Å². The van der Waals surface area contributed by atoms with E-state index in [1.165, 1.54) is 173 Å². The molecule has 296 valence electrons. The molecule has 0 aromatic rings. The van der Waals surface area contributed by atoms with Gasteiger partial charge in [0.15, 0.2) is 0 Å². The molecule has 0 aliphatic carbocycles. The average molecular weight is 706 g/mol. The zero-order valence-electron chi connectivity index (χ0n) is 33.5. The van der Waals surface area contributed by atoms with E-state index in [1.807, 2.05) is 6.08 Å². The molecule has 0 aliphatic heterocycles. The lowest BCUT2D eigenvalue weighted by atomic mass is 10.0. The first-order valence-corrected chi connectivity index (χ1v) is 22.1. The van der Waals surface area contributed by atoms with Gasteiger partial charge in [-0.25, -0.2) is 0 Å². The number of carbonyl (C=O) groups is 1. The lowest BCUT2D eigenvalue weighted by Gasteiger charge is -2.21. The summed E-state index contributed by atoms with van der Waals surface area (Å²) >= 11 is 0. The van der Waals surface area contributed by atoms with Crippen molar-refractivity contribution in [1.29, 1.82) is 0 Å². The van der Waals surface area contributed by atoms with Crippen molar-refractivity contribution in [2.24, 2.45) is 0 Å². The highest BCUT2D eigenvalue weighted by atomic mass is 16.3. The van der Waals surface area contributed by atoms with Gasteiger partial charge in [0.25, 0.3) is 0 Å². The number of amides is 1. The van der Waals surface area contributed by atoms with Crippen molar-refractivity contribution in [2.45, 2.75) is 250 Å². The van der Waals surface area contributed by atoms with E-state index in [0.717, 1.165) is 32.1 Å². The number of unbranched alkanes of at least 4 members (excludes halogenated alkanes) is 29. The Bertz CT molecular complexity index is 739. The van der Waals surface area contributed by atoms with Gasteiger partial charge in [0.2, 0.25) is 5.91 Å². The molecule has 3 atom stereocenters. The Labute approximate surface area is 312 Å². The smallest absolute Gasteiger partial charge is 0.222 e. The molecule has 0 fully saturated rings. The second-order valence-corrected chi connectivity index (χ2v) is 15.3. The summed E-state index contributed by atoms with van der Waals surface area (Å²) in [7, 11) is 0. The zero-order chi connectivity index (χ0) is 36.6. The Morgan fingerprint density at radius 2 is 0.860 bits per heavy atom. The maximum absolute atomic E-state index is 12.4. The number of hydrogen-bond donors (Lipinski definition) is 4. The van der Waals surface area contributed by atoms with Crippen LogP contribution in [0.2, 0.25) is 0 Å². The minimum Gasteiger partial charge on any atom is -0.394 e. The van der Waals surface area contributed by atoms with E-state index in [2.05, 4.69) is 31.3 Å². The third-order valence-corrected chi connectivity index (χ3v) is 10.2. The minimum absolute atomic E-state index is 0.00931. The highest BCUT2D eigenvalue weighted by Crippen LogP contribution is 2.16. The van der Waals surface area contributed by atoms with Crippen LogP contribution in [0.5, 0.6) is 0 Å². The maximum Gasteiger partial charge on any atom is 0.222 e. The fraction of sp³-hybridized carbons (Fsp3) is 0.889. The van der Waals surface area contributed by atoms with Gasteiger partial charge in [-0.05, 0) is 32.1 Å². The zero-order valence-corrected chi connectivity index (χ0v) is 33.5. The molecule has 3 unspecified atom stereocenters. The Hall–Kier alpha value is -1.17. The fourth-order valence-electron chi connectivity index (χ4n) is 6.83. The third kappa shape index (κ3) is 36.6. The van der Waals surface area contributed by atoms with E-state index in [4.69, 9.17) is 0 Å². The van der Waals surface area contributed by atoms with Gasteiger partial charge in [0.1, 0.15) is 0 Å². The van der Waals surface area contributed by atoms with E-state index in [1.54, 1.807) is 6.08 Å². The molecule has 0 saturated heterocycles. The number of rotatable bonds is 40. The molecule has 1 amide bonds. The first-order valence-electron chi connectivity index (χ1n) is 22.1. The Kier molecular flexibility index (Phi) is 39.6. The summed E-state index contributed by atoms with van der Waals surface area (Å²) in [5, 5.41) is 33.2. The Morgan fingerprint density at radius 1 is 0.500 bits per heavy atom. The second-order valence-electron chi connectivity index (χ2n) is 15.3. The summed E-state index contributed by atoms with van der Waals surface area (Å²) < 4.78 is 0. The molecular weight excluding hydrogens is 618 g/mol. The summed E-state index contributed by atoms with van der Waals surface area (Å²) in [4.78, 5) is 12.4. The molecule has 5 nitrogen and oxygen atoms in total. The maximum atomic E-state index is 12.4. The lowest BCUT2D eigenvalue weighted by Crippen LogP contribution is -2.45. The van der Waals surface area contributed by atoms with Crippen LogP contribution in [0.25, 0.3) is 0 Å². The van der Waals surface area contributed by atoms with Crippen LogP contribution in [0, 0.1) is 0 Å². The van der Waals surface area contributed by atoms with Gasteiger partial charge in [-0.2, -0.15) is 0 Å². The van der Waals surface area contributed by atoms with Crippen LogP contribution < -0.4 is 5.32 Å². The number of allylic oxidation sites excluding steroid dienone is 3. The molecule has 0 aromatic heterocycles. The van der Waals surface area contributed by atoms with Crippen molar-refractivity contribution in [3.63, 3.8) is 0 Å². The topological polar surface area (TPSA) is 89.8 Å². The normalized spacial score (nSPS) is 13.8. The largest absolute Gasteiger partial charge is 0.394 e. The van der Waals surface area contributed by atoms with Crippen LogP contribution in [0.1, 0.15) is 232 Å². The predicted octanol–water partition coefficient (Wildman–Crippen LogP) is 12.6. The fourth-order valence-corrected chi connectivity index (χ4v) is 6.83. The van der Waals surface area contributed by atoms with Gasteiger partial charge in [-0.3, -0.25) is 4.79 Å². The predicted molar refractivity (Wildman–Crippen MR) is 218 cm³/mol. The second kappa shape index (κ2) is 40.6. The van der Waals surface area contributed by atoms with Crippen molar-refractivity contribution < 1.29 is 20.1 Å². The Balaban J connectivity index is 3.68. The first kappa shape index (κ1) is 48.8. The molecule has 5 heteroatoms. The van der Waals surface area contributed by atoms with Crippen molar-refractivity contribution in [3.05, 3.63) is 24.3 Å². The van der Waals surface area contributed by atoms with Crippen molar-refractivity contribution >= 4 is 5.91 Å². The van der Waals surface area contributed by atoms with Gasteiger partial charge in [-0.15, -0.1) is 0 Å². The summed E-state index contributed by atoms with van der Waals surface area (Å²) in [5.41, 5.74) is 0. The molecule has 0 bridgehead atoms. The van der Waals surface area contributed by atoms with Crippen molar-refractivity contribution in [2.75, 3.05) is 6.61 Å². The highest BCUT2D eigenvalue weighted by molar-refractivity contribution is 5.76. The SMILES string of the molecule is CCCCCCCCCCCCCCCCCC/C=C/CC/C=C/C(O)C(CO)NC(=O)CC(O)CCCCCCCCCCCCCCC. The number of aliphatic hydroxyl groups excluding tert-OH is 3. The van der Waals surface area contributed by atoms with E-state index in [0.29, 0.717) is 6.42 Å². The van der Waals surface area contributed by atoms with Crippen LogP contribution >= 0.6 is 0 Å². The molecule has 4 N–H and O–H groups in total. The highest BCUT2D eigenvalue weighted by Gasteiger charge is 2.20. The number of hydrogen-bond acceptors (Lipinski definition) is 4. The quantitative estimate of drug-likeness (QED) is 0.0377. The summed E-state index contributed by atoms with van der Waals surface area (Å²) in [5.74, 6) is -0.323. The van der Waals surface area contributed by atoms with Crippen molar-refractivity contribution in [1.82, 2.24) is 5.32 Å². The van der Waals surface area contributed by atoms with Gasteiger partial charge in [0.05, 0.1) is 31.3 Å². The van der Waals surface area contributed by atoms with Crippen LogP contribution in [-0.2, 0) is 4.79 Å². The molecule has 50 heavy (non-hydrogen) atoms. The van der Waals surface area contributed by atoms with Crippen LogP contribution in [-0.4, -0.2) is 46.1 Å². The van der Waals surface area contributed by atoms with Crippen LogP contribution in [0.15, 0.2) is 24.3 Å². The number of nitrogens with one attached hydrogen (secondary N) is 1. The molecular formula is C45H87NO4. The van der Waals surface area contributed by atoms with Gasteiger partial charge in [-0.1, -0.05) is 218 Å². The van der Waals surface area contributed by atoms with Crippen LogP contribution in [0.3, 0.4) is 0 Å². The molecule has 0 saturated carbocycles. The molecule has 0 aliphatic rings.